The molecule has 0 aliphatic heterocycles. The first-order valence-corrected chi connectivity index (χ1v) is 8.61. The number of esters is 1. The number of rotatable bonds is 7. The molecule has 2 rings (SSSR count). The summed E-state index contributed by atoms with van der Waals surface area (Å²) >= 11 is 0. The maximum Gasteiger partial charge on any atom is 0.349 e. The Kier molecular flexibility index (Phi) is 6.35. The number of benzene rings is 2. The second-order valence-electron chi connectivity index (χ2n) is 7.08. The molecule has 0 heterocycles. The van der Waals surface area contributed by atoms with Gasteiger partial charge in [0.1, 0.15) is 17.4 Å². The van der Waals surface area contributed by atoms with Crippen LogP contribution in [0.4, 0.5) is 8.78 Å². The van der Waals surface area contributed by atoms with Crippen molar-refractivity contribution < 1.29 is 23.0 Å². The van der Waals surface area contributed by atoms with Gasteiger partial charge >= 0.3 is 5.97 Å². The molecule has 5 heteroatoms. The third kappa shape index (κ3) is 5.28. The SMILES string of the molecule is CC(C)CCOC(=O)C(C)(C)Oc1ccc(-c2ccc(F)cc2F)cc1. The highest BCUT2D eigenvalue weighted by molar-refractivity contribution is 5.79. The fourth-order valence-electron chi connectivity index (χ4n) is 2.32. The highest BCUT2D eigenvalue weighted by atomic mass is 19.1. The van der Waals surface area contributed by atoms with E-state index in [1.165, 1.54) is 12.1 Å². The number of ether oxygens (including phenoxy) is 2. The summed E-state index contributed by atoms with van der Waals surface area (Å²) in [5.74, 6) is -0.781. The van der Waals surface area contributed by atoms with Gasteiger partial charge < -0.3 is 9.47 Å². The van der Waals surface area contributed by atoms with Crippen LogP contribution in [-0.4, -0.2) is 18.2 Å². The first kappa shape index (κ1) is 19.9. The van der Waals surface area contributed by atoms with Crippen molar-refractivity contribution in [1.82, 2.24) is 0 Å². The highest BCUT2D eigenvalue weighted by Gasteiger charge is 2.31. The van der Waals surface area contributed by atoms with E-state index in [1.54, 1.807) is 38.1 Å². The summed E-state index contributed by atoms with van der Waals surface area (Å²) in [6, 6.07) is 10.0. The first-order valence-electron chi connectivity index (χ1n) is 8.61. The first-order chi connectivity index (χ1) is 12.2. The average Bonchev–Trinajstić information content (AvgIpc) is 2.55. The summed E-state index contributed by atoms with van der Waals surface area (Å²) in [6.07, 6.45) is 0.791. The Hall–Kier alpha value is -2.43. The Bertz CT molecular complexity index is 752. The van der Waals surface area contributed by atoms with Crippen LogP contribution in [0.25, 0.3) is 11.1 Å². The molecule has 0 saturated heterocycles. The molecule has 26 heavy (non-hydrogen) atoms. The minimum atomic E-state index is -1.14. The van der Waals surface area contributed by atoms with Gasteiger partial charge in [-0.2, -0.15) is 0 Å². The van der Waals surface area contributed by atoms with Crippen LogP contribution in [0, 0.1) is 17.6 Å². The largest absolute Gasteiger partial charge is 0.476 e. The maximum atomic E-state index is 13.9. The van der Waals surface area contributed by atoms with E-state index in [-0.39, 0.29) is 0 Å². The van der Waals surface area contributed by atoms with Crippen LogP contribution >= 0.6 is 0 Å². The van der Waals surface area contributed by atoms with E-state index in [4.69, 9.17) is 9.47 Å². The number of hydrogen-bond donors (Lipinski definition) is 0. The van der Waals surface area contributed by atoms with Gasteiger partial charge in [-0.1, -0.05) is 26.0 Å². The zero-order valence-corrected chi connectivity index (χ0v) is 15.5. The predicted molar refractivity (Wildman–Crippen MR) is 96.9 cm³/mol. The maximum absolute atomic E-state index is 13.9. The molecular formula is C21H24F2O3. The van der Waals surface area contributed by atoms with E-state index in [0.717, 1.165) is 12.5 Å². The van der Waals surface area contributed by atoms with E-state index in [1.807, 2.05) is 0 Å². The number of hydrogen-bond acceptors (Lipinski definition) is 3. The minimum absolute atomic E-state index is 0.297. The van der Waals surface area contributed by atoms with Crippen molar-refractivity contribution in [3.8, 4) is 16.9 Å². The second kappa shape index (κ2) is 8.30. The van der Waals surface area contributed by atoms with E-state index < -0.39 is 23.2 Å². The fourth-order valence-corrected chi connectivity index (χ4v) is 2.32. The lowest BCUT2D eigenvalue weighted by Gasteiger charge is -2.24. The molecule has 0 N–H and O–H groups in total. The summed E-state index contributed by atoms with van der Waals surface area (Å²) in [5, 5.41) is 0. The zero-order valence-electron chi connectivity index (χ0n) is 15.5. The Morgan fingerprint density at radius 2 is 1.73 bits per heavy atom. The van der Waals surface area contributed by atoms with Crippen LogP contribution in [0.1, 0.15) is 34.1 Å². The predicted octanol–water partition coefficient (Wildman–Crippen LogP) is 5.38. The van der Waals surface area contributed by atoms with Gasteiger partial charge in [0.15, 0.2) is 5.60 Å². The highest BCUT2D eigenvalue weighted by Crippen LogP contribution is 2.27. The minimum Gasteiger partial charge on any atom is -0.476 e. The van der Waals surface area contributed by atoms with E-state index >= 15 is 0 Å². The number of carbonyl (C=O) groups is 1. The molecule has 3 nitrogen and oxygen atoms in total. The van der Waals surface area contributed by atoms with Gasteiger partial charge in [-0.25, -0.2) is 13.6 Å². The molecule has 0 fully saturated rings. The van der Waals surface area contributed by atoms with Crippen molar-refractivity contribution in [1.29, 1.82) is 0 Å². The van der Waals surface area contributed by atoms with Crippen molar-refractivity contribution in [2.45, 2.75) is 39.7 Å². The Balaban J connectivity index is 2.04. The van der Waals surface area contributed by atoms with Crippen molar-refractivity contribution >= 4 is 5.97 Å². The molecule has 0 aliphatic carbocycles. The van der Waals surface area contributed by atoms with Gasteiger partial charge in [-0.15, -0.1) is 0 Å². The lowest BCUT2D eigenvalue weighted by molar-refractivity contribution is -0.159. The number of halogens is 2. The van der Waals surface area contributed by atoms with Crippen LogP contribution < -0.4 is 4.74 Å². The van der Waals surface area contributed by atoms with Crippen LogP contribution in [0.5, 0.6) is 5.75 Å². The number of carbonyl (C=O) groups excluding carboxylic acids is 1. The normalized spacial score (nSPS) is 11.5. The van der Waals surface area contributed by atoms with E-state index in [0.29, 0.717) is 29.4 Å². The lowest BCUT2D eigenvalue weighted by Crippen LogP contribution is -2.40. The molecule has 140 valence electrons. The van der Waals surface area contributed by atoms with Gasteiger partial charge in [0.25, 0.3) is 0 Å². The van der Waals surface area contributed by atoms with Gasteiger partial charge in [0.05, 0.1) is 6.61 Å². The van der Waals surface area contributed by atoms with E-state index in [2.05, 4.69) is 13.8 Å². The van der Waals surface area contributed by atoms with Gasteiger partial charge in [-0.05, 0) is 56.0 Å². The van der Waals surface area contributed by atoms with Gasteiger partial charge in [-0.3, -0.25) is 0 Å². The van der Waals surface area contributed by atoms with Crippen molar-refractivity contribution in [3.05, 3.63) is 54.1 Å². The molecule has 0 aliphatic rings. The fraction of sp³-hybridized carbons (Fsp3) is 0.381. The summed E-state index contributed by atoms with van der Waals surface area (Å²) < 4.78 is 37.9. The zero-order chi connectivity index (χ0) is 19.3. The smallest absolute Gasteiger partial charge is 0.349 e. The van der Waals surface area contributed by atoms with Crippen molar-refractivity contribution in [3.63, 3.8) is 0 Å². The summed E-state index contributed by atoms with van der Waals surface area (Å²) in [7, 11) is 0. The lowest BCUT2D eigenvalue weighted by atomic mass is 10.0. The van der Waals surface area contributed by atoms with E-state index in [9.17, 15) is 13.6 Å². The second-order valence-corrected chi connectivity index (χ2v) is 7.08. The molecule has 0 radical (unpaired) electrons. The van der Waals surface area contributed by atoms with Crippen LogP contribution in [-0.2, 0) is 9.53 Å². The molecule has 0 saturated carbocycles. The molecule has 2 aromatic rings. The third-order valence-electron chi connectivity index (χ3n) is 3.89. The summed E-state index contributed by atoms with van der Waals surface area (Å²) in [4.78, 5) is 12.2. The average molecular weight is 362 g/mol. The molecule has 2 aromatic carbocycles. The Morgan fingerprint density at radius 3 is 2.31 bits per heavy atom. The molecule has 0 unspecified atom stereocenters. The third-order valence-corrected chi connectivity index (χ3v) is 3.89. The summed E-state index contributed by atoms with van der Waals surface area (Å²) in [6.45, 7) is 7.74. The van der Waals surface area contributed by atoms with Gasteiger partial charge in [0.2, 0.25) is 0 Å². The van der Waals surface area contributed by atoms with Crippen molar-refractivity contribution in [2.24, 2.45) is 5.92 Å². The van der Waals surface area contributed by atoms with Crippen LogP contribution in [0.3, 0.4) is 0 Å². The van der Waals surface area contributed by atoms with Crippen molar-refractivity contribution in [2.75, 3.05) is 6.61 Å². The van der Waals surface area contributed by atoms with Crippen LogP contribution in [0.2, 0.25) is 0 Å². The molecule has 0 aromatic heterocycles. The van der Waals surface area contributed by atoms with Gasteiger partial charge in [0, 0.05) is 11.6 Å². The standard InChI is InChI=1S/C21H24F2O3/c1-14(2)11-12-25-20(24)21(3,4)26-17-8-5-15(6-9-17)18-10-7-16(22)13-19(18)23/h5-10,13-14H,11-12H2,1-4H3. The topological polar surface area (TPSA) is 35.5 Å². The van der Waals surface area contributed by atoms with Crippen LogP contribution in [0.15, 0.2) is 42.5 Å². The summed E-state index contributed by atoms with van der Waals surface area (Å²) in [5.41, 5.74) is -0.253. The molecule has 0 bridgehead atoms. The molecular weight excluding hydrogens is 338 g/mol. The molecule has 0 amide bonds. The quantitative estimate of drug-likeness (QED) is 0.621. The monoisotopic (exact) mass is 362 g/mol. The Labute approximate surface area is 152 Å². The Morgan fingerprint density at radius 1 is 1.08 bits per heavy atom. The molecule has 0 spiro atoms. The molecule has 0 atom stereocenters.